The Morgan fingerprint density at radius 2 is 0.783 bits per heavy atom. The highest BCUT2D eigenvalue weighted by atomic mass is 16.3. The summed E-state index contributed by atoms with van der Waals surface area (Å²) in [6, 6.07) is 55.9. The molecule has 0 aliphatic heterocycles. The van der Waals surface area contributed by atoms with Crippen LogP contribution in [0, 0.1) is 0 Å². The highest BCUT2D eigenvalue weighted by molar-refractivity contribution is 6.35. The summed E-state index contributed by atoms with van der Waals surface area (Å²) in [6.45, 7) is 0. The van der Waals surface area contributed by atoms with Crippen LogP contribution in [0.2, 0.25) is 0 Å². The number of hydrogen-bond donors (Lipinski definition) is 0. The molecule has 2 aromatic heterocycles. The second-order valence-electron chi connectivity index (χ2n) is 12.0. The molecule has 0 amide bonds. The minimum atomic E-state index is 0.884. The van der Waals surface area contributed by atoms with E-state index in [1.54, 1.807) is 0 Å². The third-order valence-electron chi connectivity index (χ3n) is 9.44. The molecule has 46 heavy (non-hydrogen) atoms. The molecule has 0 fully saturated rings. The van der Waals surface area contributed by atoms with Crippen molar-refractivity contribution in [3.63, 3.8) is 0 Å². The van der Waals surface area contributed by atoms with Crippen LogP contribution in [0.5, 0.6) is 0 Å². The van der Waals surface area contributed by atoms with Crippen LogP contribution in [-0.2, 0) is 0 Å². The summed E-state index contributed by atoms with van der Waals surface area (Å²) in [4.78, 5) is 0. The molecule has 0 saturated heterocycles. The Bertz CT molecular complexity index is 2770. The zero-order valence-electron chi connectivity index (χ0n) is 24.8. The van der Waals surface area contributed by atoms with Crippen molar-refractivity contribution in [3.05, 3.63) is 158 Å². The van der Waals surface area contributed by atoms with Gasteiger partial charge in [-0.05, 0) is 62.9 Å². The lowest BCUT2D eigenvalue weighted by molar-refractivity contribution is 0.670. The van der Waals surface area contributed by atoms with Crippen molar-refractivity contribution in [1.29, 1.82) is 0 Å². The molecule has 8 aromatic carbocycles. The third kappa shape index (κ3) is 3.65. The van der Waals surface area contributed by atoms with Gasteiger partial charge in [-0.25, -0.2) is 0 Å². The van der Waals surface area contributed by atoms with Crippen LogP contribution < -0.4 is 0 Å². The van der Waals surface area contributed by atoms with Gasteiger partial charge in [-0.3, -0.25) is 0 Å². The molecule has 0 atom stereocenters. The van der Waals surface area contributed by atoms with Crippen molar-refractivity contribution in [2.24, 2.45) is 0 Å². The number of para-hydroxylation sites is 2. The predicted molar refractivity (Wildman–Crippen MR) is 192 cm³/mol. The van der Waals surface area contributed by atoms with Crippen LogP contribution in [-0.4, -0.2) is 0 Å². The molecule has 2 nitrogen and oxygen atoms in total. The van der Waals surface area contributed by atoms with E-state index in [-0.39, 0.29) is 0 Å². The van der Waals surface area contributed by atoms with Gasteiger partial charge in [0.25, 0.3) is 0 Å². The van der Waals surface area contributed by atoms with E-state index < -0.39 is 0 Å². The lowest BCUT2D eigenvalue weighted by Gasteiger charge is -2.13. The van der Waals surface area contributed by atoms with Crippen molar-refractivity contribution < 1.29 is 8.83 Å². The summed E-state index contributed by atoms with van der Waals surface area (Å²) in [5.41, 5.74) is 10.6. The van der Waals surface area contributed by atoms with Crippen molar-refractivity contribution in [2.75, 3.05) is 0 Å². The smallest absolute Gasteiger partial charge is 0.144 e. The van der Waals surface area contributed by atoms with E-state index in [0.29, 0.717) is 0 Å². The molecule has 0 saturated carbocycles. The SMILES string of the molecule is c1ccc(-c2ccc(-c3cc4ccc5cc(-c6ccccc6)c6oc7ccccc7c6c5c4c4oc5ccccc5c34)cc2)cc1. The monoisotopic (exact) mass is 586 g/mol. The fourth-order valence-corrected chi connectivity index (χ4v) is 7.34. The minimum absolute atomic E-state index is 0.884. The van der Waals surface area contributed by atoms with E-state index in [2.05, 4.69) is 146 Å². The second-order valence-corrected chi connectivity index (χ2v) is 12.0. The molecule has 0 bridgehead atoms. The molecule has 214 valence electrons. The Balaban J connectivity index is 1.35. The molecule has 2 heteroatoms. The van der Waals surface area contributed by atoms with E-state index in [4.69, 9.17) is 8.83 Å². The van der Waals surface area contributed by atoms with Gasteiger partial charge in [-0.2, -0.15) is 0 Å². The van der Waals surface area contributed by atoms with Crippen molar-refractivity contribution in [2.45, 2.75) is 0 Å². The zero-order chi connectivity index (χ0) is 30.2. The first-order chi connectivity index (χ1) is 22.8. The summed E-state index contributed by atoms with van der Waals surface area (Å²) < 4.78 is 13.5. The zero-order valence-corrected chi connectivity index (χ0v) is 24.8. The molecule has 0 aliphatic carbocycles. The van der Waals surface area contributed by atoms with E-state index in [9.17, 15) is 0 Å². The summed E-state index contributed by atoms with van der Waals surface area (Å²) in [5, 5.41) is 9.06. The molecule has 0 N–H and O–H groups in total. The molecule has 0 radical (unpaired) electrons. The van der Waals surface area contributed by atoms with Crippen LogP contribution in [0.3, 0.4) is 0 Å². The molecule has 10 aromatic rings. The van der Waals surface area contributed by atoms with Crippen LogP contribution >= 0.6 is 0 Å². The van der Waals surface area contributed by atoms with Crippen molar-refractivity contribution >= 4 is 65.4 Å². The third-order valence-corrected chi connectivity index (χ3v) is 9.44. The predicted octanol–water partition coefficient (Wildman–Crippen LogP) is 12.8. The van der Waals surface area contributed by atoms with Crippen LogP contribution in [0.25, 0.3) is 98.8 Å². The first kappa shape index (κ1) is 25.2. The quantitative estimate of drug-likeness (QED) is 0.193. The van der Waals surface area contributed by atoms with Gasteiger partial charge in [-0.15, -0.1) is 0 Å². The van der Waals surface area contributed by atoms with Crippen LogP contribution in [0.15, 0.2) is 167 Å². The Kier molecular flexibility index (Phi) is 5.31. The first-order valence-electron chi connectivity index (χ1n) is 15.7. The largest absolute Gasteiger partial charge is 0.455 e. The van der Waals surface area contributed by atoms with Gasteiger partial charge in [0.1, 0.15) is 22.3 Å². The summed E-state index contributed by atoms with van der Waals surface area (Å²) in [6.07, 6.45) is 0. The van der Waals surface area contributed by atoms with Gasteiger partial charge < -0.3 is 8.83 Å². The molecule has 0 spiro atoms. The fourth-order valence-electron chi connectivity index (χ4n) is 7.34. The Morgan fingerprint density at radius 1 is 0.304 bits per heavy atom. The Hall–Kier alpha value is -6.12. The highest BCUT2D eigenvalue weighted by Crippen LogP contribution is 2.48. The lowest BCUT2D eigenvalue weighted by atomic mass is 9.89. The standard InChI is InChI=1S/C44H26O2/c1-3-11-27(12-4-1)28-19-21-30(22-20-28)35-25-32-24-23-31-26-36(29-13-5-2-6-14-29)43-42(34-16-8-10-18-38(34)45-43)39(31)40(32)44-41(35)33-15-7-9-17-37(33)46-44/h1-26H. The highest BCUT2D eigenvalue weighted by Gasteiger charge is 2.22. The van der Waals surface area contributed by atoms with Gasteiger partial charge >= 0.3 is 0 Å². The molecule has 10 rings (SSSR count). The minimum Gasteiger partial charge on any atom is -0.455 e. The van der Waals surface area contributed by atoms with Crippen LogP contribution in [0.4, 0.5) is 0 Å². The van der Waals surface area contributed by atoms with E-state index in [1.165, 1.54) is 16.7 Å². The second kappa shape index (κ2) is 9.69. The summed E-state index contributed by atoms with van der Waals surface area (Å²) >= 11 is 0. The van der Waals surface area contributed by atoms with Gasteiger partial charge in [0.15, 0.2) is 0 Å². The Labute approximate surface area is 264 Å². The lowest BCUT2D eigenvalue weighted by Crippen LogP contribution is -1.87. The average Bonchev–Trinajstić information content (AvgIpc) is 3.71. The van der Waals surface area contributed by atoms with E-state index >= 15 is 0 Å². The number of rotatable bonds is 3. The van der Waals surface area contributed by atoms with Gasteiger partial charge in [0.05, 0.1) is 0 Å². The number of benzene rings is 8. The average molecular weight is 587 g/mol. The van der Waals surface area contributed by atoms with Crippen molar-refractivity contribution in [1.82, 2.24) is 0 Å². The van der Waals surface area contributed by atoms with Gasteiger partial charge in [-0.1, -0.05) is 133 Å². The normalized spacial score (nSPS) is 11.9. The maximum atomic E-state index is 6.85. The molecular formula is C44H26O2. The van der Waals surface area contributed by atoms with E-state index in [0.717, 1.165) is 82.1 Å². The summed E-state index contributed by atoms with van der Waals surface area (Å²) in [5.74, 6) is 0. The molecule has 2 heterocycles. The van der Waals surface area contributed by atoms with Gasteiger partial charge in [0.2, 0.25) is 0 Å². The first-order valence-corrected chi connectivity index (χ1v) is 15.7. The molecular weight excluding hydrogens is 560 g/mol. The number of fused-ring (bicyclic) bond motifs is 11. The summed E-state index contributed by atoms with van der Waals surface area (Å²) in [7, 11) is 0. The van der Waals surface area contributed by atoms with Crippen molar-refractivity contribution in [3.8, 4) is 33.4 Å². The molecule has 0 unspecified atom stereocenters. The number of hydrogen-bond acceptors (Lipinski definition) is 2. The maximum Gasteiger partial charge on any atom is 0.144 e. The maximum absolute atomic E-state index is 6.85. The van der Waals surface area contributed by atoms with Gasteiger partial charge in [0, 0.05) is 37.9 Å². The topological polar surface area (TPSA) is 26.3 Å². The molecule has 0 aliphatic rings. The Morgan fingerprint density at radius 3 is 1.48 bits per heavy atom. The van der Waals surface area contributed by atoms with E-state index in [1.807, 2.05) is 12.1 Å². The fraction of sp³-hybridized carbons (Fsp3) is 0. The number of furan rings is 2. The van der Waals surface area contributed by atoms with Crippen LogP contribution in [0.1, 0.15) is 0 Å².